The monoisotopic (exact) mass is 521 g/mol. The highest BCUT2D eigenvalue weighted by atomic mass is 79.9. The minimum atomic E-state index is -0.830. The molecule has 0 saturated carbocycles. The molecule has 3 rings (SSSR count). The molecule has 3 aromatic rings. The van der Waals surface area contributed by atoms with E-state index < -0.39 is 23.9 Å². The third-order valence-electron chi connectivity index (χ3n) is 4.96. The van der Waals surface area contributed by atoms with Gasteiger partial charge in [0.1, 0.15) is 16.6 Å². The molecular formula is C21H24BrN5O4S. The van der Waals surface area contributed by atoms with E-state index in [4.69, 9.17) is 10.5 Å². The van der Waals surface area contributed by atoms with Crippen molar-refractivity contribution >= 4 is 55.2 Å². The number of aryl methyl sites for hydroxylation is 2. The van der Waals surface area contributed by atoms with Gasteiger partial charge >= 0.3 is 0 Å². The lowest BCUT2D eigenvalue weighted by Gasteiger charge is -2.21. The zero-order valence-electron chi connectivity index (χ0n) is 18.1. The van der Waals surface area contributed by atoms with Gasteiger partial charge in [-0.1, -0.05) is 6.07 Å². The van der Waals surface area contributed by atoms with Crippen LogP contribution in [0.3, 0.4) is 0 Å². The number of primary amides is 1. The molecule has 0 spiro atoms. The predicted molar refractivity (Wildman–Crippen MR) is 126 cm³/mol. The molecule has 0 radical (unpaired) electrons. The number of carbonyl (C=O) groups excluding carboxylic acids is 3. The standard InChI is InChI=1S/C21H24BrN5O4S/c1-10-13-8-17(32-21(13)27(3)26-10)20(30)24-11(2)19(29)25-15(9-18(23)28)12-5-6-16(31-4)14(22)7-12/h5-8,11,15H,9H2,1-4H3,(H2,23,28)(H,24,30)(H,25,29). The van der Waals surface area contributed by atoms with Crippen molar-refractivity contribution in [1.29, 1.82) is 0 Å². The zero-order valence-corrected chi connectivity index (χ0v) is 20.5. The first-order valence-electron chi connectivity index (χ1n) is 9.76. The summed E-state index contributed by atoms with van der Waals surface area (Å²) in [6.45, 7) is 3.46. The Labute approximate surface area is 197 Å². The number of rotatable bonds is 8. The molecule has 0 aliphatic heterocycles. The van der Waals surface area contributed by atoms with Gasteiger partial charge in [0.15, 0.2) is 0 Å². The fourth-order valence-electron chi connectivity index (χ4n) is 3.30. The average molecular weight is 522 g/mol. The maximum absolute atomic E-state index is 12.8. The van der Waals surface area contributed by atoms with Gasteiger partial charge < -0.3 is 21.1 Å². The van der Waals surface area contributed by atoms with Gasteiger partial charge in [-0.2, -0.15) is 5.10 Å². The van der Waals surface area contributed by atoms with Crippen LogP contribution in [0, 0.1) is 6.92 Å². The first-order chi connectivity index (χ1) is 15.1. The Balaban J connectivity index is 1.72. The summed E-state index contributed by atoms with van der Waals surface area (Å²) in [4.78, 5) is 38.4. The van der Waals surface area contributed by atoms with Crippen molar-refractivity contribution in [3.05, 3.63) is 44.9 Å². The van der Waals surface area contributed by atoms with E-state index in [0.29, 0.717) is 20.7 Å². The minimum Gasteiger partial charge on any atom is -0.496 e. The van der Waals surface area contributed by atoms with Crippen molar-refractivity contribution in [3.63, 3.8) is 0 Å². The van der Waals surface area contributed by atoms with Gasteiger partial charge in [0.05, 0.1) is 34.6 Å². The molecule has 2 aromatic heterocycles. The average Bonchev–Trinajstić information content (AvgIpc) is 3.28. The summed E-state index contributed by atoms with van der Waals surface area (Å²) in [5.41, 5.74) is 6.90. The molecule has 9 nitrogen and oxygen atoms in total. The van der Waals surface area contributed by atoms with E-state index >= 15 is 0 Å². The highest BCUT2D eigenvalue weighted by Gasteiger charge is 2.24. The number of amides is 3. The first-order valence-corrected chi connectivity index (χ1v) is 11.4. The van der Waals surface area contributed by atoms with Crippen LogP contribution in [-0.4, -0.2) is 40.7 Å². The molecule has 4 N–H and O–H groups in total. The fourth-order valence-corrected chi connectivity index (χ4v) is 4.88. The van der Waals surface area contributed by atoms with Crippen LogP contribution in [-0.2, 0) is 16.6 Å². The summed E-state index contributed by atoms with van der Waals surface area (Å²) in [5, 5.41) is 10.7. The van der Waals surface area contributed by atoms with Gasteiger partial charge in [-0.3, -0.25) is 19.1 Å². The number of thiophene rings is 1. The Morgan fingerprint density at radius 2 is 2.00 bits per heavy atom. The number of ether oxygens (including phenoxy) is 1. The van der Waals surface area contributed by atoms with Crippen LogP contribution in [0.2, 0.25) is 0 Å². The van der Waals surface area contributed by atoms with Gasteiger partial charge in [-0.15, -0.1) is 11.3 Å². The van der Waals surface area contributed by atoms with Crippen LogP contribution in [0.1, 0.15) is 40.3 Å². The molecule has 2 atom stereocenters. The van der Waals surface area contributed by atoms with Gasteiger partial charge in [0, 0.05) is 12.4 Å². The number of nitrogens with one attached hydrogen (secondary N) is 2. The van der Waals surface area contributed by atoms with Gasteiger partial charge in [-0.05, 0) is 53.5 Å². The topological polar surface area (TPSA) is 128 Å². The molecule has 0 aliphatic rings. The normalized spacial score (nSPS) is 12.9. The SMILES string of the molecule is COc1ccc(C(CC(N)=O)NC(=O)C(C)NC(=O)c2cc3c(C)nn(C)c3s2)cc1Br. The molecule has 170 valence electrons. The van der Waals surface area contributed by atoms with Crippen LogP contribution in [0.4, 0.5) is 0 Å². The van der Waals surface area contributed by atoms with Crippen molar-refractivity contribution in [2.45, 2.75) is 32.4 Å². The maximum Gasteiger partial charge on any atom is 0.262 e. The second kappa shape index (κ2) is 9.70. The minimum absolute atomic E-state index is 0.0895. The lowest BCUT2D eigenvalue weighted by atomic mass is 10.0. The molecule has 0 saturated heterocycles. The predicted octanol–water partition coefficient (Wildman–Crippen LogP) is 2.57. The molecule has 2 unspecified atom stereocenters. The third-order valence-corrected chi connectivity index (χ3v) is 6.78. The van der Waals surface area contributed by atoms with E-state index in [-0.39, 0.29) is 12.3 Å². The van der Waals surface area contributed by atoms with E-state index in [9.17, 15) is 14.4 Å². The second-order valence-corrected chi connectivity index (χ2v) is 9.24. The largest absolute Gasteiger partial charge is 0.496 e. The summed E-state index contributed by atoms with van der Waals surface area (Å²) >= 11 is 4.71. The van der Waals surface area contributed by atoms with Crippen LogP contribution >= 0.6 is 27.3 Å². The van der Waals surface area contributed by atoms with Crippen molar-refractivity contribution in [2.24, 2.45) is 12.8 Å². The molecule has 0 bridgehead atoms. The number of benzene rings is 1. The summed E-state index contributed by atoms with van der Waals surface area (Å²) < 4.78 is 7.62. The number of carbonyl (C=O) groups is 3. The Bertz CT molecular complexity index is 1150. The Morgan fingerprint density at radius 1 is 1.28 bits per heavy atom. The van der Waals surface area contributed by atoms with Crippen molar-refractivity contribution in [2.75, 3.05) is 7.11 Å². The molecule has 0 fully saturated rings. The van der Waals surface area contributed by atoms with Crippen LogP contribution in [0.15, 0.2) is 28.7 Å². The molecule has 32 heavy (non-hydrogen) atoms. The van der Waals surface area contributed by atoms with E-state index in [0.717, 1.165) is 15.9 Å². The summed E-state index contributed by atoms with van der Waals surface area (Å²) in [5.74, 6) is -0.733. The van der Waals surface area contributed by atoms with Gasteiger partial charge in [0.2, 0.25) is 11.8 Å². The number of hydrogen-bond donors (Lipinski definition) is 3. The van der Waals surface area contributed by atoms with E-state index in [1.807, 2.05) is 14.0 Å². The number of nitrogens with two attached hydrogens (primary N) is 1. The van der Waals surface area contributed by atoms with Crippen LogP contribution in [0.5, 0.6) is 5.75 Å². The van der Waals surface area contributed by atoms with Crippen LogP contribution < -0.4 is 21.1 Å². The molecule has 2 heterocycles. The highest BCUT2D eigenvalue weighted by Crippen LogP contribution is 2.29. The lowest BCUT2D eigenvalue weighted by molar-refractivity contribution is -0.124. The smallest absolute Gasteiger partial charge is 0.262 e. The fraction of sp³-hybridized carbons (Fsp3) is 0.333. The lowest BCUT2D eigenvalue weighted by Crippen LogP contribution is -2.46. The first kappa shape index (κ1) is 23.7. The molecule has 3 amide bonds. The van der Waals surface area contributed by atoms with Crippen molar-refractivity contribution in [1.82, 2.24) is 20.4 Å². The number of halogens is 1. The van der Waals surface area contributed by atoms with Gasteiger partial charge in [0.25, 0.3) is 5.91 Å². The Kier molecular flexibility index (Phi) is 7.19. The molecular weight excluding hydrogens is 498 g/mol. The Hall–Kier alpha value is -2.92. The quantitative estimate of drug-likeness (QED) is 0.419. The number of methoxy groups -OCH3 is 1. The maximum atomic E-state index is 12.8. The van der Waals surface area contributed by atoms with E-state index in [1.54, 1.807) is 43.0 Å². The highest BCUT2D eigenvalue weighted by molar-refractivity contribution is 9.10. The van der Waals surface area contributed by atoms with E-state index in [1.165, 1.54) is 11.3 Å². The number of aromatic nitrogens is 2. The Morgan fingerprint density at radius 3 is 2.59 bits per heavy atom. The second-order valence-electron chi connectivity index (χ2n) is 7.36. The molecule has 11 heteroatoms. The number of hydrogen-bond acceptors (Lipinski definition) is 6. The third kappa shape index (κ3) is 5.10. The van der Waals surface area contributed by atoms with Crippen molar-refractivity contribution in [3.8, 4) is 5.75 Å². The van der Waals surface area contributed by atoms with Gasteiger partial charge in [-0.25, -0.2) is 0 Å². The van der Waals surface area contributed by atoms with E-state index in [2.05, 4.69) is 31.7 Å². The molecule has 1 aromatic carbocycles. The number of nitrogens with zero attached hydrogens (tertiary/aromatic N) is 2. The van der Waals surface area contributed by atoms with Crippen molar-refractivity contribution < 1.29 is 19.1 Å². The number of fused-ring (bicyclic) bond motifs is 1. The molecule has 0 aliphatic carbocycles. The zero-order chi connectivity index (χ0) is 23.6. The summed E-state index contributed by atoms with van der Waals surface area (Å²) in [6, 6.07) is 5.51. The summed E-state index contributed by atoms with van der Waals surface area (Å²) in [6.07, 6.45) is -0.0895. The van der Waals surface area contributed by atoms with Crippen LogP contribution in [0.25, 0.3) is 10.2 Å². The summed E-state index contributed by atoms with van der Waals surface area (Å²) in [7, 11) is 3.36.